The molecule has 3 aliphatic carbocycles. The number of allylic oxidation sites excluding steroid dienone is 1. The minimum Gasteiger partial charge on any atom is -0.414 e. The van der Waals surface area contributed by atoms with Gasteiger partial charge in [0.15, 0.2) is 8.32 Å². The summed E-state index contributed by atoms with van der Waals surface area (Å²) in [7, 11) is -4.54. The maximum absolute atomic E-state index is 7.47. The maximum Gasteiger partial charge on any atom is 0.261 e. The highest BCUT2D eigenvalue weighted by molar-refractivity contribution is 6.99. The third-order valence-electron chi connectivity index (χ3n) is 12.2. The number of hydrogen-bond acceptors (Lipinski definition) is 4. The van der Waals surface area contributed by atoms with Gasteiger partial charge in [0.1, 0.15) is 6.61 Å². The molecule has 44 heavy (non-hydrogen) atoms. The van der Waals surface area contributed by atoms with Gasteiger partial charge in [-0.15, -0.1) is 0 Å². The van der Waals surface area contributed by atoms with Crippen LogP contribution < -0.4 is 10.4 Å². The SMILES string of the molecule is CC1(C)[C@H]2[C@@H]3C=C(CO[Si](c4ccccc4)(c4ccccc4)C(C)(C)C)CC4=NOC[C@H]4[C@H]3C[C@@H](O[Si](C)(C)C(C)(C)C)[C@H]21. The van der Waals surface area contributed by atoms with Crippen molar-refractivity contribution in [3.63, 3.8) is 0 Å². The first-order valence-electron chi connectivity index (χ1n) is 16.9. The Morgan fingerprint density at radius 1 is 0.864 bits per heavy atom. The third kappa shape index (κ3) is 5.32. The van der Waals surface area contributed by atoms with Gasteiger partial charge in [-0.05, 0) is 74.6 Å². The van der Waals surface area contributed by atoms with E-state index in [1.54, 1.807) is 0 Å². The van der Waals surface area contributed by atoms with Crippen LogP contribution in [-0.2, 0) is 13.7 Å². The van der Waals surface area contributed by atoms with Crippen molar-refractivity contribution in [2.45, 2.75) is 97.5 Å². The van der Waals surface area contributed by atoms with Crippen LogP contribution in [0.15, 0.2) is 77.5 Å². The molecular formula is C38H55NO3Si2. The van der Waals surface area contributed by atoms with Crippen molar-refractivity contribution in [3.05, 3.63) is 72.3 Å². The highest BCUT2D eigenvalue weighted by Crippen LogP contribution is 2.70. The fourth-order valence-electron chi connectivity index (χ4n) is 8.86. The van der Waals surface area contributed by atoms with Crippen molar-refractivity contribution < 1.29 is 13.7 Å². The zero-order valence-electron chi connectivity index (χ0n) is 28.8. The van der Waals surface area contributed by atoms with Gasteiger partial charge in [-0.25, -0.2) is 0 Å². The monoisotopic (exact) mass is 629 g/mol. The molecule has 4 nitrogen and oxygen atoms in total. The molecule has 0 saturated heterocycles. The van der Waals surface area contributed by atoms with Gasteiger partial charge in [-0.3, -0.25) is 0 Å². The normalized spacial score (nSPS) is 29.8. The molecule has 1 heterocycles. The molecule has 2 fully saturated rings. The van der Waals surface area contributed by atoms with Crippen molar-refractivity contribution in [1.82, 2.24) is 0 Å². The Morgan fingerprint density at radius 2 is 1.45 bits per heavy atom. The summed E-state index contributed by atoms with van der Waals surface area (Å²) in [5.74, 6) is 2.60. The van der Waals surface area contributed by atoms with Crippen molar-refractivity contribution in [1.29, 1.82) is 0 Å². The summed E-state index contributed by atoms with van der Waals surface area (Å²) in [4.78, 5) is 5.87. The van der Waals surface area contributed by atoms with E-state index < -0.39 is 16.6 Å². The Bertz CT molecular complexity index is 1360. The zero-order valence-corrected chi connectivity index (χ0v) is 30.8. The number of oxime groups is 1. The average Bonchev–Trinajstić information content (AvgIpc) is 3.31. The van der Waals surface area contributed by atoms with Crippen molar-refractivity contribution in [2.24, 2.45) is 40.2 Å². The van der Waals surface area contributed by atoms with E-state index in [1.807, 2.05) is 0 Å². The van der Waals surface area contributed by atoms with Crippen LogP contribution in [0.25, 0.3) is 0 Å². The predicted molar refractivity (Wildman–Crippen MR) is 188 cm³/mol. The first kappa shape index (κ1) is 32.0. The molecule has 0 amide bonds. The van der Waals surface area contributed by atoms with Gasteiger partial charge in [0.2, 0.25) is 0 Å². The fourth-order valence-corrected chi connectivity index (χ4v) is 14.8. The van der Waals surface area contributed by atoms with Gasteiger partial charge in [-0.1, -0.05) is 127 Å². The quantitative estimate of drug-likeness (QED) is 0.229. The molecule has 2 aromatic rings. The summed E-state index contributed by atoms with van der Waals surface area (Å²) in [5, 5.41) is 7.49. The molecule has 4 aliphatic rings. The van der Waals surface area contributed by atoms with Crippen LogP contribution in [-0.4, -0.2) is 41.7 Å². The Hall–Kier alpha value is -2.00. The minimum absolute atomic E-state index is 0.0528. The van der Waals surface area contributed by atoms with Crippen molar-refractivity contribution >= 4 is 32.7 Å². The molecule has 238 valence electrons. The molecule has 2 saturated carbocycles. The lowest BCUT2D eigenvalue weighted by atomic mass is 9.71. The molecule has 0 aromatic heterocycles. The molecule has 6 atom stereocenters. The zero-order chi connectivity index (χ0) is 31.7. The van der Waals surface area contributed by atoms with E-state index in [1.165, 1.54) is 21.7 Å². The summed E-state index contributed by atoms with van der Waals surface area (Å²) in [6.45, 7) is 25.3. The highest BCUT2D eigenvalue weighted by atomic mass is 28.4. The topological polar surface area (TPSA) is 40.0 Å². The van der Waals surface area contributed by atoms with Crippen molar-refractivity contribution in [3.8, 4) is 0 Å². The van der Waals surface area contributed by atoms with Crippen LogP contribution in [0.3, 0.4) is 0 Å². The van der Waals surface area contributed by atoms with Crippen LogP contribution in [0.1, 0.15) is 68.2 Å². The van der Waals surface area contributed by atoms with E-state index in [2.05, 4.69) is 140 Å². The van der Waals surface area contributed by atoms with E-state index in [9.17, 15) is 0 Å². The lowest BCUT2D eigenvalue weighted by molar-refractivity contribution is 0.0503. The van der Waals surface area contributed by atoms with Gasteiger partial charge in [0, 0.05) is 18.4 Å². The Morgan fingerprint density at radius 3 is 2.00 bits per heavy atom. The summed E-state index contributed by atoms with van der Waals surface area (Å²) >= 11 is 0. The Balaban J connectivity index is 1.35. The number of fused-ring (bicyclic) bond motifs is 5. The van der Waals surface area contributed by atoms with Gasteiger partial charge < -0.3 is 13.7 Å². The van der Waals surface area contributed by atoms with E-state index >= 15 is 0 Å². The van der Waals surface area contributed by atoms with E-state index in [0.717, 1.165) is 12.8 Å². The predicted octanol–water partition coefficient (Wildman–Crippen LogP) is 8.19. The molecule has 0 N–H and O–H groups in total. The first-order chi connectivity index (χ1) is 20.6. The lowest BCUT2D eigenvalue weighted by Gasteiger charge is -2.44. The second kappa shape index (κ2) is 11.1. The summed E-state index contributed by atoms with van der Waals surface area (Å²) in [6.07, 6.45) is 4.93. The molecule has 1 aliphatic heterocycles. The molecular weight excluding hydrogens is 575 g/mol. The van der Waals surface area contributed by atoms with Gasteiger partial charge in [0.25, 0.3) is 8.32 Å². The lowest BCUT2D eigenvalue weighted by Crippen LogP contribution is -2.66. The average molecular weight is 630 g/mol. The van der Waals surface area contributed by atoms with Gasteiger partial charge in [0.05, 0.1) is 12.3 Å². The van der Waals surface area contributed by atoms with Crippen LogP contribution in [0, 0.1) is 35.0 Å². The van der Waals surface area contributed by atoms with E-state index in [4.69, 9.17) is 13.7 Å². The number of hydrogen-bond donors (Lipinski definition) is 0. The summed E-state index contributed by atoms with van der Waals surface area (Å²) in [6, 6.07) is 22.0. The highest BCUT2D eigenvalue weighted by Gasteiger charge is 2.69. The third-order valence-corrected chi connectivity index (χ3v) is 21.7. The maximum atomic E-state index is 7.47. The molecule has 0 radical (unpaired) electrons. The fraction of sp³-hybridized carbons (Fsp3) is 0.605. The van der Waals surface area contributed by atoms with Crippen LogP contribution in [0.2, 0.25) is 23.2 Å². The van der Waals surface area contributed by atoms with Crippen molar-refractivity contribution in [2.75, 3.05) is 13.2 Å². The Labute approximate surface area is 268 Å². The number of benzene rings is 2. The first-order valence-corrected chi connectivity index (χ1v) is 21.7. The van der Waals surface area contributed by atoms with Crippen LogP contribution >= 0.6 is 0 Å². The standard InChI is InChI=1S/C38H55NO3Si2/c1-36(2,3)43(9,10)42-33-23-29-30(34-35(33)38(34,7)8)21-26(22-32-31(29)25-40-39-32)24-41-44(37(4,5)6,27-17-13-11-14-18-27)28-19-15-12-16-20-28/h11-21,29-31,33-35H,22-25H2,1-10H3/t29-,30+,31-,33+,34-,35+/m0/s1. The van der Waals surface area contributed by atoms with Crippen LogP contribution in [0.4, 0.5) is 0 Å². The Kier molecular flexibility index (Phi) is 8.04. The second-order valence-electron chi connectivity index (χ2n) is 17.2. The largest absolute Gasteiger partial charge is 0.414 e. The molecule has 0 bridgehead atoms. The molecule has 0 unspecified atom stereocenters. The number of rotatable bonds is 7. The smallest absolute Gasteiger partial charge is 0.261 e. The van der Waals surface area contributed by atoms with Gasteiger partial charge >= 0.3 is 0 Å². The molecule has 2 aromatic carbocycles. The summed E-state index contributed by atoms with van der Waals surface area (Å²) in [5.41, 5.74) is 2.87. The van der Waals surface area contributed by atoms with E-state index in [-0.39, 0.29) is 15.5 Å². The minimum atomic E-state index is -2.64. The number of nitrogens with zero attached hydrogens (tertiary/aromatic N) is 1. The summed E-state index contributed by atoms with van der Waals surface area (Å²) < 4.78 is 14.7. The van der Waals surface area contributed by atoms with Gasteiger partial charge in [-0.2, -0.15) is 0 Å². The van der Waals surface area contributed by atoms with Crippen LogP contribution in [0.5, 0.6) is 0 Å². The second-order valence-corrected chi connectivity index (χ2v) is 26.3. The molecule has 0 spiro atoms. The molecule has 6 heteroatoms. The van der Waals surface area contributed by atoms with E-state index in [0.29, 0.717) is 48.9 Å². The molecule has 6 rings (SSSR count).